The van der Waals surface area contributed by atoms with Crippen LogP contribution in [0.2, 0.25) is 0 Å². The van der Waals surface area contributed by atoms with E-state index >= 15 is 0 Å². The number of hydrogen-bond acceptors (Lipinski definition) is 4. The van der Waals surface area contributed by atoms with Crippen LogP contribution in [-0.4, -0.2) is 64.2 Å². The van der Waals surface area contributed by atoms with Crippen LogP contribution in [0.1, 0.15) is 33.6 Å². The van der Waals surface area contributed by atoms with Gasteiger partial charge in [-0.3, -0.25) is 9.69 Å². The summed E-state index contributed by atoms with van der Waals surface area (Å²) >= 11 is 0. The van der Waals surface area contributed by atoms with Crippen LogP contribution in [-0.2, 0) is 4.79 Å². The second-order valence-corrected chi connectivity index (χ2v) is 4.86. The molecule has 0 rings (SSSR count). The lowest BCUT2D eigenvalue weighted by molar-refractivity contribution is -0.116. The van der Waals surface area contributed by atoms with Crippen LogP contribution in [0.25, 0.3) is 0 Å². The first-order valence-electron chi connectivity index (χ1n) is 8.12. The molecule has 1 amide bonds. The van der Waals surface area contributed by atoms with E-state index in [1.54, 1.807) is 6.08 Å². The Balaban J connectivity index is 0. The molecule has 0 aromatic heterocycles. The summed E-state index contributed by atoms with van der Waals surface area (Å²) in [7, 11) is 3.90. The molecule has 0 radical (unpaired) electrons. The molecule has 5 heteroatoms. The Bertz CT molecular complexity index is 236. The van der Waals surface area contributed by atoms with E-state index in [0.29, 0.717) is 6.54 Å². The number of hydrogen-bond donors (Lipinski definition) is 3. The SMILES string of the molecule is CC/C=C/C(=O)NCCN(CCNC)CCNC.CCC. The lowest BCUT2D eigenvalue weighted by Crippen LogP contribution is -2.40. The van der Waals surface area contributed by atoms with Gasteiger partial charge in [-0.15, -0.1) is 0 Å². The van der Waals surface area contributed by atoms with Crippen molar-refractivity contribution in [2.75, 3.05) is 53.4 Å². The first-order chi connectivity index (χ1) is 10.2. The van der Waals surface area contributed by atoms with Gasteiger partial charge in [0.1, 0.15) is 0 Å². The fourth-order valence-corrected chi connectivity index (χ4v) is 1.50. The third kappa shape index (κ3) is 19.1. The molecule has 0 fully saturated rings. The highest BCUT2D eigenvalue weighted by molar-refractivity contribution is 5.87. The lowest BCUT2D eigenvalue weighted by atomic mass is 10.4. The summed E-state index contributed by atoms with van der Waals surface area (Å²) < 4.78 is 0. The highest BCUT2D eigenvalue weighted by Crippen LogP contribution is 1.86. The molecule has 3 N–H and O–H groups in total. The Hall–Kier alpha value is -0.910. The zero-order valence-electron chi connectivity index (χ0n) is 14.7. The molecule has 0 bridgehead atoms. The van der Waals surface area contributed by atoms with Gasteiger partial charge in [0, 0.05) is 39.3 Å². The van der Waals surface area contributed by atoms with Gasteiger partial charge in [-0.25, -0.2) is 0 Å². The topological polar surface area (TPSA) is 56.4 Å². The minimum atomic E-state index is -0.000895. The molecule has 0 saturated carbocycles. The molecule has 0 aliphatic heterocycles. The summed E-state index contributed by atoms with van der Waals surface area (Å²) in [5.41, 5.74) is 0. The molecule has 0 heterocycles. The maximum atomic E-state index is 11.4. The fraction of sp³-hybridized carbons (Fsp3) is 0.812. The van der Waals surface area contributed by atoms with Gasteiger partial charge >= 0.3 is 0 Å². The Morgan fingerprint density at radius 3 is 1.86 bits per heavy atom. The van der Waals surface area contributed by atoms with Crippen molar-refractivity contribution in [3.05, 3.63) is 12.2 Å². The maximum Gasteiger partial charge on any atom is 0.243 e. The molecule has 0 aliphatic carbocycles. The van der Waals surface area contributed by atoms with Crippen LogP contribution < -0.4 is 16.0 Å². The molecular formula is C16H36N4O. The van der Waals surface area contributed by atoms with E-state index in [9.17, 15) is 4.79 Å². The Morgan fingerprint density at radius 1 is 0.952 bits per heavy atom. The van der Waals surface area contributed by atoms with Crippen molar-refractivity contribution < 1.29 is 4.79 Å². The number of rotatable bonds is 11. The molecule has 5 nitrogen and oxygen atoms in total. The molecule has 0 aromatic carbocycles. The third-order valence-corrected chi connectivity index (χ3v) is 2.59. The molecule has 126 valence electrons. The summed E-state index contributed by atoms with van der Waals surface area (Å²) in [5, 5.41) is 9.17. The minimum absolute atomic E-state index is 0.000895. The monoisotopic (exact) mass is 300 g/mol. The van der Waals surface area contributed by atoms with Gasteiger partial charge < -0.3 is 16.0 Å². The van der Waals surface area contributed by atoms with Crippen LogP contribution in [0, 0.1) is 0 Å². The summed E-state index contributed by atoms with van der Waals surface area (Å²) in [5.74, 6) is -0.000895. The van der Waals surface area contributed by atoms with Crippen molar-refractivity contribution in [1.82, 2.24) is 20.9 Å². The van der Waals surface area contributed by atoms with Gasteiger partial charge in [-0.2, -0.15) is 0 Å². The van der Waals surface area contributed by atoms with E-state index in [0.717, 1.165) is 39.1 Å². The summed E-state index contributed by atoms with van der Waals surface area (Å²) in [6.07, 6.45) is 5.62. The predicted octanol–water partition coefficient (Wildman–Crippen LogP) is 1.23. The quantitative estimate of drug-likeness (QED) is 0.502. The number of nitrogens with one attached hydrogen (secondary N) is 3. The van der Waals surface area contributed by atoms with Crippen LogP contribution in [0.5, 0.6) is 0 Å². The number of likely N-dealkylation sites (N-methyl/N-ethyl adjacent to an activating group) is 2. The molecular weight excluding hydrogens is 264 g/mol. The van der Waals surface area contributed by atoms with E-state index in [1.165, 1.54) is 6.42 Å². The Morgan fingerprint density at radius 2 is 1.43 bits per heavy atom. The largest absolute Gasteiger partial charge is 0.351 e. The van der Waals surface area contributed by atoms with Gasteiger partial charge in [0.2, 0.25) is 5.91 Å². The van der Waals surface area contributed by atoms with Gasteiger partial charge in [0.25, 0.3) is 0 Å². The van der Waals surface area contributed by atoms with E-state index in [2.05, 4.69) is 34.7 Å². The van der Waals surface area contributed by atoms with Crippen molar-refractivity contribution in [3.63, 3.8) is 0 Å². The van der Waals surface area contributed by atoms with Crippen LogP contribution >= 0.6 is 0 Å². The summed E-state index contributed by atoms with van der Waals surface area (Å²) in [6.45, 7) is 11.8. The first-order valence-corrected chi connectivity index (χ1v) is 8.12. The van der Waals surface area contributed by atoms with Crippen LogP contribution in [0.15, 0.2) is 12.2 Å². The Labute approximate surface area is 131 Å². The Kier molecular flexibility index (Phi) is 20.3. The molecule has 0 aromatic rings. The number of allylic oxidation sites excluding steroid dienone is 1. The van der Waals surface area contributed by atoms with Crippen molar-refractivity contribution >= 4 is 5.91 Å². The molecule has 0 saturated heterocycles. The number of amides is 1. The molecule has 21 heavy (non-hydrogen) atoms. The van der Waals surface area contributed by atoms with Crippen molar-refractivity contribution in [2.24, 2.45) is 0 Å². The average Bonchev–Trinajstić information content (AvgIpc) is 2.48. The third-order valence-electron chi connectivity index (χ3n) is 2.59. The van der Waals surface area contributed by atoms with Crippen molar-refractivity contribution in [3.8, 4) is 0 Å². The van der Waals surface area contributed by atoms with E-state index < -0.39 is 0 Å². The highest BCUT2D eigenvalue weighted by atomic mass is 16.1. The van der Waals surface area contributed by atoms with Crippen LogP contribution in [0.3, 0.4) is 0 Å². The van der Waals surface area contributed by atoms with E-state index in [1.807, 2.05) is 27.1 Å². The van der Waals surface area contributed by atoms with Gasteiger partial charge in [-0.1, -0.05) is 33.3 Å². The summed E-state index contributed by atoms with van der Waals surface area (Å²) in [6, 6.07) is 0. The highest BCUT2D eigenvalue weighted by Gasteiger charge is 2.03. The van der Waals surface area contributed by atoms with Crippen molar-refractivity contribution in [1.29, 1.82) is 0 Å². The van der Waals surface area contributed by atoms with Crippen molar-refractivity contribution in [2.45, 2.75) is 33.6 Å². The smallest absolute Gasteiger partial charge is 0.243 e. The lowest BCUT2D eigenvalue weighted by Gasteiger charge is -2.22. The summed E-state index contributed by atoms with van der Waals surface area (Å²) in [4.78, 5) is 13.7. The van der Waals surface area contributed by atoms with Gasteiger partial charge in [-0.05, 0) is 26.6 Å². The predicted molar refractivity (Wildman–Crippen MR) is 92.7 cm³/mol. The zero-order chi connectivity index (χ0) is 16.3. The standard InChI is InChI=1S/C13H28N4O.C3H8/c1-4-5-6-13(18)16-9-12-17(10-7-14-2)11-8-15-3;1-3-2/h5-6,14-15H,4,7-12H2,1-3H3,(H,16,18);3H2,1-2H3/b6-5+;. The second kappa shape index (κ2) is 19.1. The minimum Gasteiger partial charge on any atom is -0.351 e. The van der Waals surface area contributed by atoms with E-state index in [-0.39, 0.29) is 5.91 Å². The number of nitrogens with zero attached hydrogens (tertiary/aromatic N) is 1. The van der Waals surface area contributed by atoms with E-state index in [4.69, 9.17) is 0 Å². The van der Waals surface area contributed by atoms with Gasteiger partial charge in [0.15, 0.2) is 0 Å². The molecule has 0 atom stereocenters. The zero-order valence-corrected chi connectivity index (χ0v) is 14.7. The molecule has 0 spiro atoms. The van der Waals surface area contributed by atoms with Gasteiger partial charge in [0.05, 0.1) is 0 Å². The maximum absolute atomic E-state index is 11.4. The average molecular weight is 300 g/mol. The van der Waals surface area contributed by atoms with Crippen LogP contribution in [0.4, 0.5) is 0 Å². The second-order valence-electron chi connectivity index (χ2n) is 4.86. The molecule has 0 aliphatic rings. The normalized spacial score (nSPS) is 10.6. The fourth-order valence-electron chi connectivity index (χ4n) is 1.50. The first kappa shape index (κ1) is 22.4. The number of carbonyl (C=O) groups excluding carboxylic acids is 1. The number of carbonyl (C=O) groups is 1. The molecule has 0 unspecified atom stereocenters.